The first-order valence-electron chi connectivity index (χ1n) is 8.08. The highest BCUT2D eigenvalue weighted by Crippen LogP contribution is 2.27. The van der Waals surface area contributed by atoms with Crippen LogP contribution in [0.5, 0.6) is 0 Å². The zero-order chi connectivity index (χ0) is 18.1. The van der Waals surface area contributed by atoms with Gasteiger partial charge in [0.1, 0.15) is 5.69 Å². The molecule has 0 fully saturated rings. The molecule has 2 aromatic carbocycles. The summed E-state index contributed by atoms with van der Waals surface area (Å²) in [6.07, 6.45) is 0. The molecule has 6 nitrogen and oxygen atoms in total. The fourth-order valence-electron chi connectivity index (χ4n) is 3.23. The van der Waals surface area contributed by atoms with Gasteiger partial charge in [-0.15, -0.1) is 0 Å². The van der Waals surface area contributed by atoms with Crippen LogP contribution in [-0.4, -0.2) is 15.4 Å². The average Bonchev–Trinajstić information content (AvgIpc) is 2.87. The normalized spacial score (nSPS) is 10.8. The molecule has 1 aromatic heterocycles. The molecule has 25 heavy (non-hydrogen) atoms. The molecule has 0 saturated heterocycles. The first-order chi connectivity index (χ1) is 11.9. The predicted molar refractivity (Wildman–Crippen MR) is 98.1 cm³/mol. The van der Waals surface area contributed by atoms with Gasteiger partial charge in [-0.25, -0.2) is 0 Å². The largest absolute Gasteiger partial charge is 0.337 e. The lowest BCUT2D eigenvalue weighted by Crippen LogP contribution is -2.18. The highest BCUT2D eigenvalue weighted by molar-refractivity contribution is 6.08. The number of amides is 1. The van der Waals surface area contributed by atoms with Crippen molar-refractivity contribution >= 4 is 28.2 Å². The van der Waals surface area contributed by atoms with Gasteiger partial charge in [-0.2, -0.15) is 0 Å². The van der Waals surface area contributed by atoms with E-state index < -0.39 is 4.92 Å². The van der Waals surface area contributed by atoms with Crippen LogP contribution in [0.4, 0.5) is 11.4 Å². The molecule has 0 radical (unpaired) electrons. The van der Waals surface area contributed by atoms with Crippen LogP contribution >= 0.6 is 0 Å². The third-order valence-corrected chi connectivity index (χ3v) is 4.41. The molecule has 0 atom stereocenters. The van der Waals surface area contributed by atoms with Crippen molar-refractivity contribution in [2.45, 2.75) is 27.3 Å². The highest BCUT2D eigenvalue weighted by Gasteiger charge is 2.20. The summed E-state index contributed by atoms with van der Waals surface area (Å²) in [5.74, 6) is -0.219. The van der Waals surface area contributed by atoms with Gasteiger partial charge in [-0.05, 0) is 44.5 Å². The highest BCUT2D eigenvalue weighted by atomic mass is 16.6. The Morgan fingerprint density at radius 3 is 2.56 bits per heavy atom. The van der Waals surface area contributed by atoms with E-state index in [4.69, 9.17) is 0 Å². The number of carbonyl (C=O) groups excluding carboxylic acids is 1. The first kappa shape index (κ1) is 16.7. The third kappa shape index (κ3) is 2.87. The molecule has 0 aliphatic carbocycles. The van der Waals surface area contributed by atoms with Crippen LogP contribution in [-0.2, 0) is 6.54 Å². The fraction of sp³-hybridized carbons (Fsp3) is 0.211. The van der Waals surface area contributed by atoms with E-state index in [-0.39, 0.29) is 11.6 Å². The summed E-state index contributed by atoms with van der Waals surface area (Å²) in [5, 5.41) is 14.8. The minimum Gasteiger partial charge on any atom is -0.337 e. The van der Waals surface area contributed by atoms with Crippen LogP contribution in [0, 0.1) is 24.0 Å². The molecule has 128 valence electrons. The van der Waals surface area contributed by atoms with Gasteiger partial charge in [0, 0.05) is 34.8 Å². The molecule has 6 heteroatoms. The summed E-state index contributed by atoms with van der Waals surface area (Å²) in [7, 11) is 0. The standard InChI is InChI=1S/C19H19N3O3/c1-4-21-17-8-6-5-7-15(17)13(3)18(21)19(23)20-14-9-10-16(22(24)25)12(2)11-14/h5-11H,4H2,1-3H3,(H,20,23). The molecule has 3 rings (SSSR count). The van der Waals surface area contributed by atoms with Crippen LogP contribution in [0.1, 0.15) is 28.5 Å². The summed E-state index contributed by atoms with van der Waals surface area (Å²) >= 11 is 0. The van der Waals surface area contributed by atoms with E-state index in [1.807, 2.05) is 42.7 Å². The van der Waals surface area contributed by atoms with Gasteiger partial charge in [0.05, 0.1) is 4.92 Å². The van der Waals surface area contributed by atoms with Crippen molar-refractivity contribution in [2.75, 3.05) is 5.32 Å². The van der Waals surface area contributed by atoms with Gasteiger partial charge in [-0.3, -0.25) is 14.9 Å². The van der Waals surface area contributed by atoms with Crippen molar-refractivity contribution < 1.29 is 9.72 Å². The molecule has 3 aromatic rings. The number of anilines is 1. The van der Waals surface area contributed by atoms with Crippen molar-refractivity contribution in [1.29, 1.82) is 0 Å². The van der Waals surface area contributed by atoms with E-state index in [1.54, 1.807) is 19.1 Å². The van der Waals surface area contributed by atoms with Crippen molar-refractivity contribution in [3.8, 4) is 0 Å². The number of nitrogens with zero attached hydrogens (tertiary/aromatic N) is 2. The Bertz CT molecular complexity index is 989. The zero-order valence-electron chi connectivity index (χ0n) is 14.4. The molecule has 0 spiro atoms. The maximum absolute atomic E-state index is 12.8. The van der Waals surface area contributed by atoms with Crippen LogP contribution in [0.15, 0.2) is 42.5 Å². The van der Waals surface area contributed by atoms with E-state index in [0.29, 0.717) is 23.5 Å². The Morgan fingerprint density at radius 1 is 1.20 bits per heavy atom. The molecule has 0 aliphatic heterocycles. The number of fused-ring (bicyclic) bond motifs is 1. The molecule has 0 bridgehead atoms. The SMILES string of the molecule is CCn1c(C(=O)Nc2ccc([N+](=O)[O-])c(C)c2)c(C)c2ccccc21. The molecule has 1 amide bonds. The Morgan fingerprint density at radius 2 is 1.92 bits per heavy atom. The van der Waals surface area contributed by atoms with Crippen LogP contribution < -0.4 is 5.32 Å². The van der Waals surface area contributed by atoms with E-state index in [9.17, 15) is 14.9 Å². The number of nitro benzene ring substituents is 1. The van der Waals surface area contributed by atoms with Gasteiger partial charge in [0.2, 0.25) is 0 Å². The van der Waals surface area contributed by atoms with Crippen LogP contribution in [0.3, 0.4) is 0 Å². The van der Waals surface area contributed by atoms with E-state index in [0.717, 1.165) is 16.5 Å². The van der Waals surface area contributed by atoms with Gasteiger partial charge in [0.15, 0.2) is 0 Å². The second-order valence-electron chi connectivity index (χ2n) is 5.95. The second-order valence-corrected chi connectivity index (χ2v) is 5.95. The first-order valence-corrected chi connectivity index (χ1v) is 8.08. The molecular weight excluding hydrogens is 318 g/mol. The second kappa shape index (κ2) is 6.39. The molecule has 1 N–H and O–H groups in total. The quantitative estimate of drug-likeness (QED) is 0.565. The van der Waals surface area contributed by atoms with Crippen molar-refractivity contribution in [3.05, 3.63) is 69.4 Å². The number of para-hydroxylation sites is 1. The maximum atomic E-state index is 12.8. The fourth-order valence-corrected chi connectivity index (χ4v) is 3.23. The monoisotopic (exact) mass is 337 g/mol. The lowest BCUT2D eigenvalue weighted by atomic mass is 10.1. The van der Waals surface area contributed by atoms with Gasteiger partial charge < -0.3 is 9.88 Å². The van der Waals surface area contributed by atoms with Gasteiger partial charge in [-0.1, -0.05) is 18.2 Å². The Labute approximate surface area is 145 Å². The van der Waals surface area contributed by atoms with Gasteiger partial charge in [0.25, 0.3) is 11.6 Å². The number of rotatable bonds is 4. The summed E-state index contributed by atoms with van der Waals surface area (Å²) in [4.78, 5) is 23.3. The summed E-state index contributed by atoms with van der Waals surface area (Å²) < 4.78 is 1.98. The van der Waals surface area contributed by atoms with Crippen LogP contribution in [0.2, 0.25) is 0 Å². The smallest absolute Gasteiger partial charge is 0.272 e. The number of aromatic nitrogens is 1. The number of benzene rings is 2. The molecule has 0 unspecified atom stereocenters. The zero-order valence-corrected chi connectivity index (χ0v) is 14.4. The third-order valence-electron chi connectivity index (χ3n) is 4.41. The summed E-state index contributed by atoms with van der Waals surface area (Å²) in [6, 6.07) is 12.5. The molecule has 0 aliphatic rings. The number of carbonyl (C=O) groups is 1. The predicted octanol–water partition coefficient (Wildman–Crippen LogP) is 4.44. The number of aryl methyl sites for hydroxylation is 3. The van der Waals surface area contributed by atoms with Crippen LogP contribution in [0.25, 0.3) is 10.9 Å². The van der Waals surface area contributed by atoms with Crippen molar-refractivity contribution in [3.63, 3.8) is 0 Å². The van der Waals surface area contributed by atoms with E-state index in [2.05, 4.69) is 5.32 Å². The van der Waals surface area contributed by atoms with Crippen molar-refractivity contribution in [1.82, 2.24) is 4.57 Å². The minimum atomic E-state index is -0.431. The van der Waals surface area contributed by atoms with Gasteiger partial charge >= 0.3 is 0 Å². The maximum Gasteiger partial charge on any atom is 0.272 e. The summed E-state index contributed by atoms with van der Waals surface area (Å²) in [5.41, 5.74) is 3.65. The Kier molecular flexibility index (Phi) is 4.27. The van der Waals surface area contributed by atoms with E-state index in [1.165, 1.54) is 6.07 Å². The number of nitro groups is 1. The molecular formula is C19H19N3O3. The average molecular weight is 337 g/mol. The minimum absolute atomic E-state index is 0.0388. The van der Waals surface area contributed by atoms with Crippen molar-refractivity contribution in [2.24, 2.45) is 0 Å². The van der Waals surface area contributed by atoms with E-state index >= 15 is 0 Å². The number of hydrogen-bond donors (Lipinski definition) is 1. The lowest BCUT2D eigenvalue weighted by Gasteiger charge is -2.10. The lowest BCUT2D eigenvalue weighted by molar-refractivity contribution is -0.385. The summed E-state index contributed by atoms with van der Waals surface area (Å²) in [6.45, 7) is 6.27. The Hall–Kier alpha value is -3.15. The molecule has 1 heterocycles. The topological polar surface area (TPSA) is 77.2 Å². The number of nitrogens with one attached hydrogen (secondary N) is 1. The Balaban J connectivity index is 1.99. The number of hydrogen-bond acceptors (Lipinski definition) is 3. The molecule has 0 saturated carbocycles.